The molecule has 3 fully saturated rings. The summed E-state index contributed by atoms with van der Waals surface area (Å²) in [5, 5.41) is 6.90. The summed E-state index contributed by atoms with van der Waals surface area (Å²) in [5.41, 5.74) is 0. The van der Waals surface area contributed by atoms with Crippen LogP contribution in [0.4, 0.5) is 0 Å². The maximum absolute atomic E-state index is 12.5. The first-order valence-electron chi connectivity index (χ1n) is 8.81. The van der Waals surface area contributed by atoms with Gasteiger partial charge in [0, 0.05) is 17.3 Å². The third kappa shape index (κ3) is 3.58. The molecule has 1 heterocycles. The van der Waals surface area contributed by atoms with Gasteiger partial charge in [-0.1, -0.05) is 25.7 Å². The Morgan fingerprint density at radius 3 is 2.67 bits per heavy atom. The smallest absolute Gasteiger partial charge is 0.237 e. The second kappa shape index (κ2) is 6.91. The number of carbonyl (C=O) groups is 1. The normalized spacial score (nSPS) is 35.2. The highest BCUT2D eigenvalue weighted by Gasteiger charge is 2.37. The van der Waals surface area contributed by atoms with Crippen molar-refractivity contribution < 1.29 is 4.79 Å². The molecular formula is C17H30N2OS. The predicted molar refractivity (Wildman–Crippen MR) is 89.6 cm³/mol. The Morgan fingerprint density at radius 2 is 1.90 bits per heavy atom. The molecule has 21 heavy (non-hydrogen) atoms. The number of piperidine rings is 1. The zero-order valence-corrected chi connectivity index (χ0v) is 14.1. The van der Waals surface area contributed by atoms with Gasteiger partial charge in [0.15, 0.2) is 0 Å². The third-order valence-corrected chi connectivity index (χ3v) is 7.42. The average molecular weight is 311 g/mol. The molecule has 2 saturated carbocycles. The van der Waals surface area contributed by atoms with Crippen molar-refractivity contribution in [2.24, 2.45) is 5.92 Å². The van der Waals surface area contributed by atoms with Gasteiger partial charge in [-0.25, -0.2) is 0 Å². The number of carbonyl (C=O) groups excluding carboxylic acids is 1. The van der Waals surface area contributed by atoms with E-state index in [1.54, 1.807) is 0 Å². The first kappa shape index (κ1) is 15.7. The summed E-state index contributed by atoms with van der Waals surface area (Å²) < 4.78 is 0.317. The molecule has 0 bridgehead atoms. The standard InChI is InChI=1S/C17H30N2OS/c1-21-17(10-4-5-11-17)12-18-16(20)15-9-8-13-6-2-3-7-14(13)19-15/h13-15,19H,2-12H2,1H3,(H,18,20). The Labute approximate surface area is 133 Å². The van der Waals surface area contributed by atoms with Crippen LogP contribution < -0.4 is 10.6 Å². The first-order valence-corrected chi connectivity index (χ1v) is 10.0. The Morgan fingerprint density at radius 1 is 1.14 bits per heavy atom. The number of nitrogens with one attached hydrogen (secondary N) is 2. The van der Waals surface area contributed by atoms with E-state index in [9.17, 15) is 4.79 Å². The fourth-order valence-corrected chi connectivity index (χ4v) is 5.46. The van der Waals surface area contributed by atoms with Crippen LogP contribution in [0.3, 0.4) is 0 Å². The Kier molecular flexibility index (Phi) is 5.15. The molecule has 2 aliphatic carbocycles. The summed E-state index contributed by atoms with van der Waals surface area (Å²) in [6.45, 7) is 0.860. The monoisotopic (exact) mass is 310 g/mol. The van der Waals surface area contributed by atoms with Gasteiger partial charge in [0.25, 0.3) is 0 Å². The van der Waals surface area contributed by atoms with E-state index in [1.807, 2.05) is 11.8 Å². The van der Waals surface area contributed by atoms with Crippen LogP contribution in [0, 0.1) is 5.92 Å². The molecule has 3 unspecified atom stereocenters. The minimum absolute atomic E-state index is 0.0599. The zero-order valence-electron chi connectivity index (χ0n) is 13.3. The van der Waals surface area contributed by atoms with E-state index in [-0.39, 0.29) is 11.9 Å². The van der Waals surface area contributed by atoms with Crippen LogP contribution in [-0.2, 0) is 4.79 Å². The van der Waals surface area contributed by atoms with Crippen molar-refractivity contribution in [1.82, 2.24) is 10.6 Å². The molecule has 3 atom stereocenters. The highest BCUT2D eigenvalue weighted by molar-refractivity contribution is 8.00. The van der Waals surface area contributed by atoms with Gasteiger partial charge in [-0.2, -0.15) is 11.8 Å². The van der Waals surface area contributed by atoms with Crippen molar-refractivity contribution in [3.8, 4) is 0 Å². The zero-order chi connectivity index (χ0) is 14.7. The van der Waals surface area contributed by atoms with Crippen molar-refractivity contribution >= 4 is 17.7 Å². The molecule has 0 aromatic carbocycles. The van der Waals surface area contributed by atoms with Gasteiger partial charge in [-0.05, 0) is 50.7 Å². The van der Waals surface area contributed by atoms with E-state index in [2.05, 4.69) is 16.9 Å². The van der Waals surface area contributed by atoms with Crippen LogP contribution in [0.2, 0.25) is 0 Å². The molecule has 1 amide bonds. The molecule has 0 spiro atoms. The molecule has 0 aromatic heterocycles. The number of rotatable bonds is 4. The molecule has 1 aliphatic heterocycles. The molecule has 2 N–H and O–H groups in total. The predicted octanol–water partition coefficient (Wildman–Crippen LogP) is 3.09. The Hall–Kier alpha value is -0.220. The van der Waals surface area contributed by atoms with Gasteiger partial charge in [0.1, 0.15) is 0 Å². The van der Waals surface area contributed by atoms with E-state index in [0.29, 0.717) is 10.8 Å². The van der Waals surface area contributed by atoms with Crippen LogP contribution >= 0.6 is 11.8 Å². The van der Waals surface area contributed by atoms with Crippen LogP contribution in [0.25, 0.3) is 0 Å². The lowest BCUT2D eigenvalue weighted by Crippen LogP contribution is -2.56. The third-order valence-electron chi connectivity index (χ3n) is 6.00. The quantitative estimate of drug-likeness (QED) is 0.838. The number of fused-ring (bicyclic) bond motifs is 1. The summed E-state index contributed by atoms with van der Waals surface area (Å²) in [5.74, 6) is 1.08. The molecule has 3 nitrogen and oxygen atoms in total. The summed E-state index contributed by atoms with van der Waals surface area (Å²) in [6, 6.07) is 0.661. The summed E-state index contributed by atoms with van der Waals surface area (Å²) in [7, 11) is 0. The van der Waals surface area contributed by atoms with E-state index in [0.717, 1.165) is 18.9 Å². The van der Waals surface area contributed by atoms with Gasteiger partial charge in [0.2, 0.25) is 5.91 Å². The highest BCUT2D eigenvalue weighted by Crippen LogP contribution is 2.39. The van der Waals surface area contributed by atoms with Gasteiger partial charge in [-0.3, -0.25) is 4.79 Å². The van der Waals surface area contributed by atoms with E-state index < -0.39 is 0 Å². The Balaban J connectivity index is 1.49. The van der Waals surface area contributed by atoms with Crippen LogP contribution in [0.1, 0.15) is 64.2 Å². The molecular weight excluding hydrogens is 280 g/mol. The number of hydrogen-bond acceptors (Lipinski definition) is 3. The lowest BCUT2D eigenvalue weighted by atomic mass is 9.77. The van der Waals surface area contributed by atoms with Gasteiger partial charge >= 0.3 is 0 Å². The second-order valence-electron chi connectivity index (χ2n) is 7.26. The van der Waals surface area contributed by atoms with Crippen molar-refractivity contribution in [2.75, 3.05) is 12.8 Å². The fourth-order valence-electron chi connectivity index (χ4n) is 4.55. The van der Waals surface area contributed by atoms with Gasteiger partial charge < -0.3 is 10.6 Å². The minimum Gasteiger partial charge on any atom is -0.353 e. The lowest BCUT2D eigenvalue weighted by Gasteiger charge is -2.40. The van der Waals surface area contributed by atoms with Crippen molar-refractivity contribution in [3.63, 3.8) is 0 Å². The van der Waals surface area contributed by atoms with Crippen molar-refractivity contribution in [3.05, 3.63) is 0 Å². The average Bonchev–Trinajstić information content (AvgIpc) is 3.01. The molecule has 3 aliphatic rings. The van der Waals surface area contributed by atoms with E-state index in [4.69, 9.17) is 0 Å². The van der Waals surface area contributed by atoms with Crippen LogP contribution in [0.5, 0.6) is 0 Å². The lowest BCUT2D eigenvalue weighted by molar-refractivity contribution is -0.124. The number of hydrogen-bond donors (Lipinski definition) is 2. The maximum Gasteiger partial charge on any atom is 0.237 e. The van der Waals surface area contributed by atoms with Crippen molar-refractivity contribution in [2.45, 2.75) is 81.0 Å². The topological polar surface area (TPSA) is 41.1 Å². The number of amides is 1. The molecule has 0 aromatic rings. The molecule has 3 rings (SSSR count). The van der Waals surface area contributed by atoms with Crippen LogP contribution in [-0.4, -0.2) is 35.5 Å². The SMILES string of the molecule is CSC1(CNC(=O)C2CCC3CCCCC3N2)CCCC1. The molecule has 1 saturated heterocycles. The summed E-state index contributed by atoms with van der Waals surface area (Å²) in [6.07, 6.45) is 15.0. The fraction of sp³-hybridized carbons (Fsp3) is 0.941. The highest BCUT2D eigenvalue weighted by atomic mass is 32.2. The molecule has 120 valence electrons. The van der Waals surface area contributed by atoms with Crippen molar-refractivity contribution in [1.29, 1.82) is 0 Å². The summed E-state index contributed by atoms with van der Waals surface area (Å²) >= 11 is 1.95. The number of thioether (sulfide) groups is 1. The van der Waals surface area contributed by atoms with E-state index in [1.165, 1.54) is 57.8 Å². The largest absolute Gasteiger partial charge is 0.353 e. The Bertz CT molecular complexity index is 368. The minimum atomic E-state index is 0.0599. The summed E-state index contributed by atoms with van der Waals surface area (Å²) in [4.78, 5) is 12.5. The molecule has 0 radical (unpaired) electrons. The first-order chi connectivity index (χ1) is 10.2. The molecule has 4 heteroatoms. The second-order valence-corrected chi connectivity index (χ2v) is 8.53. The van der Waals surface area contributed by atoms with Gasteiger partial charge in [0.05, 0.1) is 6.04 Å². The van der Waals surface area contributed by atoms with Crippen LogP contribution in [0.15, 0.2) is 0 Å². The van der Waals surface area contributed by atoms with E-state index >= 15 is 0 Å². The van der Waals surface area contributed by atoms with Gasteiger partial charge in [-0.15, -0.1) is 0 Å². The maximum atomic E-state index is 12.5.